The molecule has 0 aliphatic carbocycles. The Bertz CT molecular complexity index is 778. The fourth-order valence-electron chi connectivity index (χ4n) is 3.39. The van der Waals surface area contributed by atoms with Gasteiger partial charge < -0.3 is 31.3 Å². The predicted octanol–water partition coefficient (Wildman–Crippen LogP) is 1.09. The minimum absolute atomic E-state index is 0.0721. The zero-order chi connectivity index (χ0) is 25.8. The zero-order valence-electron chi connectivity index (χ0n) is 20.9. The van der Waals surface area contributed by atoms with E-state index in [-0.39, 0.29) is 23.6 Å². The van der Waals surface area contributed by atoms with Crippen molar-refractivity contribution in [3.05, 3.63) is 18.6 Å². The number of nitrogens with zero attached hydrogens (tertiary/aromatic N) is 2. The minimum atomic E-state index is -1.73. The number of aromatic nitrogens is 2. The number of urea groups is 1. The largest absolute Gasteiger partial charge is 0.475 e. The molecule has 0 saturated carbocycles. The second-order valence-corrected chi connectivity index (χ2v) is 9.72. The van der Waals surface area contributed by atoms with Crippen LogP contribution in [0.15, 0.2) is 18.6 Å². The summed E-state index contributed by atoms with van der Waals surface area (Å²) in [5.41, 5.74) is 0. The lowest BCUT2D eigenvalue weighted by Gasteiger charge is -2.26. The van der Waals surface area contributed by atoms with E-state index in [1.807, 2.05) is 41.5 Å². The molecule has 12 heteroatoms. The molecule has 1 unspecified atom stereocenters. The van der Waals surface area contributed by atoms with Crippen molar-refractivity contribution < 1.29 is 24.4 Å². The van der Waals surface area contributed by atoms with E-state index in [4.69, 9.17) is 0 Å². The molecule has 0 spiro atoms. The molecule has 11 nitrogen and oxygen atoms in total. The number of carbonyl (C=O) groups excluding carboxylic acids is 3. The SMILES string of the molecule is CC(C)CC(NC(=O)[C@H](CC(C)C)NC(=O)N[C@@H](CC(C)C)B(O)O)C(=O)Nc1cnccn1. The normalized spacial score (nSPS) is 13.9. The molecule has 1 aromatic rings. The Balaban J connectivity index is 2.92. The molecule has 4 amide bonds. The zero-order valence-corrected chi connectivity index (χ0v) is 20.9. The maximum absolute atomic E-state index is 13.1. The third-order valence-corrected chi connectivity index (χ3v) is 4.89. The minimum Gasteiger partial charge on any atom is -0.426 e. The molecule has 1 heterocycles. The number of hydrogen-bond acceptors (Lipinski definition) is 7. The average molecular weight is 478 g/mol. The van der Waals surface area contributed by atoms with Gasteiger partial charge in [-0.2, -0.15) is 0 Å². The van der Waals surface area contributed by atoms with Gasteiger partial charge in [-0.1, -0.05) is 41.5 Å². The van der Waals surface area contributed by atoms with Crippen molar-refractivity contribution in [3.63, 3.8) is 0 Å². The van der Waals surface area contributed by atoms with Crippen molar-refractivity contribution in [2.45, 2.75) is 78.8 Å². The number of amides is 4. The highest BCUT2D eigenvalue weighted by Crippen LogP contribution is 2.11. The Morgan fingerprint density at radius 3 is 1.85 bits per heavy atom. The second-order valence-electron chi connectivity index (χ2n) is 9.72. The molecule has 0 saturated heterocycles. The van der Waals surface area contributed by atoms with Crippen molar-refractivity contribution in [1.82, 2.24) is 25.9 Å². The Morgan fingerprint density at radius 1 is 0.824 bits per heavy atom. The summed E-state index contributed by atoms with van der Waals surface area (Å²) in [4.78, 5) is 46.4. The quantitative estimate of drug-likeness (QED) is 0.231. The lowest BCUT2D eigenvalue weighted by Crippen LogP contribution is -2.57. The van der Waals surface area contributed by atoms with Gasteiger partial charge >= 0.3 is 13.1 Å². The van der Waals surface area contributed by atoms with Crippen LogP contribution in [0.2, 0.25) is 0 Å². The van der Waals surface area contributed by atoms with Crippen LogP contribution in [0.5, 0.6) is 0 Å². The molecular formula is C22H39BN6O5. The Kier molecular flexibility index (Phi) is 12.5. The number of hydrogen-bond donors (Lipinski definition) is 6. The molecule has 1 aromatic heterocycles. The summed E-state index contributed by atoms with van der Waals surface area (Å²) in [7, 11) is -1.73. The second kappa shape index (κ2) is 14.5. The van der Waals surface area contributed by atoms with Crippen molar-refractivity contribution in [1.29, 1.82) is 0 Å². The van der Waals surface area contributed by atoms with Gasteiger partial charge in [-0.15, -0.1) is 0 Å². The summed E-state index contributed by atoms with van der Waals surface area (Å²) in [6, 6.07) is -2.46. The van der Waals surface area contributed by atoms with E-state index in [1.165, 1.54) is 18.6 Å². The summed E-state index contributed by atoms with van der Waals surface area (Å²) in [6.45, 7) is 11.5. The summed E-state index contributed by atoms with van der Waals surface area (Å²) in [5, 5.41) is 29.7. The fraction of sp³-hybridized carbons (Fsp3) is 0.682. The van der Waals surface area contributed by atoms with Gasteiger partial charge in [-0.05, 0) is 37.0 Å². The van der Waals surface area contributed by atoms with Gasteiger partial charge in [0.1, 0.15) is 12.1 Å². The smallest absolute Gasteiger partial charge is 0.426 e. The predicted molar refractivity (Wildman–Crippen MR) is 130 cm³/mol. The molecule has 0 aromatic carbocycles. The van der Waals surface area contributed by atoms with E-state index in [0.717, 1.165) is 0 Å². The van der Waals surface area contributed by atoms with Crippen LogP contribution >= 0.6 is 0 Å². The number of anilines is 1. The van der Waals surface area contributed by atoms with Crippen molar-refractivity contribution in [2.75, 3.05) is 5.32 Å². The van der Waals surface area contributed by atoms with Crippen molar-refractivity contribution >= 4 is 30.8 Å². The molecule has 0 bridgehead atoms. The van der Waals surface area contributed by atoms with Gasteiger partial charge in [0.05, 0.1) is 12.1 Å². The highest BCUT2D eigenvalue weighted by Gasteiger charge is 2.30. The van der Waals surface area contributed by atoms with E-state index < -0.39 is 43.0 Å². The molecule has 34 heavy (non-hydrogen) atoms. The summed E-state index contributed by atoms with van der Waals surface area (Å²) in [6.07, 6.45) is 5.40. The number of rotatable bonds is 13. The highest BCUT2D eigenvalue weighted by atomic mass is 16.4. The molecule has 0 fully saturated rings. The van der Waals surface area contributed by atoms with Gasteiger partial charge in [0.15, 0.2) is 5.82 Å². The van der Waals surface area contributed by atoms with Crippen LogP contribution in [0.3, 0.4) is 0 Å². The first kappa shape index (κ1) is 29.3. The third-order valence-electron chi connectivity index (χ3n) is 4.89. The molecule has 0 radical (unpaired) electrons. The maximum atomic E-state index is 13.1. The van der Waals surface area contributed by atoms with E-state index in [9.17, 15) is 24.4 Å². The lowest BCUT2D eigenvalue weighted by atomic mass is 9.75. The van der Waals surface area contributed by atoms with Crippen LogP contribution in [-0.2, 0) is 9.59 Å². The fourth-order valence-corrected chi connectivity index (χ4v) is 3.39. The van der Waals surface area contributed by atoms with Crippen LogP contribution in [-0.4, -0.2) is 63.0 Å². The molecule has 0 aliphatic rings. The number of carbonyl (C=O) groups is 3. The van der Waals surface area contributed by atoms with Crippen molar-refractivity contribution in [2.24, 2.45) is 17.8 Å². The first-order valence-electron chi connectivity index (χ1n) is 11.7. The molecule has 1 rings (SSSR count). The Labute approximate surface area is 202 Å². The molecule has 190 valence electrons. The lowest BCUT2D eigenvalue weighted by molar-refractivity contribution is -0.128. The van der Waals surface area contributed by atoms with Crippen LogP contribution in [0, 0.1) is 17.8 Å². The average Bonchev–Trinajstić information content (AvgIpc) is 2.71. The van der Waals surface area contributed by atoms with Gasteiger partial charge in [0.2, 0.25) is 11.8 Å². The van der Waals surface area contributed by atoms with Gasteiger partial charge in [0, 0.05) is 12.4 Å². The van der Waals surface area contributed by atoms with Gasteiger partial charge in [-0.25, -0.2) is 9.78 Å². The monoisotopic (exact) mass is 478 g/mol. The van der Waals surface area contributed by atoms with Gasteiger partial charge in [0.25, 0.3) is 0 Å². The topological polar surface area (TPSA) is 166 Å². The standard InChI is InChI=1S/C22H39BN6O5/c1-13(2)9-16(21(31)29-19-12-24-7-8-25-19)26-20(30)17(10-14(3)4)27-22(32)28-18(23(33)34)11-15(5)6/h7-8,12-18,33-34H,9-11H2,1-6H3,(H,26,30)(H,25,29,31)(H2,27,28,32)/t16?,17-,18-/m0/s1. The van der Waals surface area contributed by atoms with E-state index in [0.29, 0.717) is 19.3 Å². The van der Waals surface area contributed by atoms with E-state index in [1.54, 1.807) is 0 Å². The Morgan fingerprint density at radius 2 is 1.38 bits per heavy atom. The number of nitrogens with one attached hydrogen (secondary N) is 4. The van der Waals surface area contributed by atoms with Crippen molar-refractivity contribution in [3.8, 4) is 0 Å². The maximum Gasteiger partial charge on any atom is 0.475 e. The first-order chi connectivity index (χ1) is 15.9. The third kappa shape index (κ3) is 11.4. The van der Waals surface area contributed by atoms with Crippen LogP contribution in [0.1, 0.15) is 60.8 Å². The van der Waals surface area contributed by atoms with Gasteiger partial charge in [-0.3, -0.25) is 14.6 Å². The summed E-state index contributed by atoms with van der Waals surface area (Å²) < 4.78 is 0. The Hall–Kier alpha value is -2.73. The van der Waals surface area contributed by atoms with Crippen LogP contribution in [0.4, 0.5) is 10.6 Å². The molecule has 3 atom stereocenters. The van der Waals surface area contributed by atoms with Crippen LogP contribution < -0.4 is 21.3 Å². The summed E-state index contributed by atoms with van der Waals surface area (Å²) in [5.74, 6) is -1.25. The first-order valence-corrected chi connectivity index (χ1v) is 11.7. The molecule has 0 aliphatic heterocycles. The summed E-state index contributed by atoms with van der Waals surface area (Å²) >= 11 is 0. The van der Waals surface area contributed by atoms with Crippen LogP contribution in [0.25, 0.3) is 0 Å². The van der Waals surface area contributed by atoms with E-state index >= 15 is 0 Å². The highest BCUT2D eigenvalue weighted by molar-refractivity contribution is 6.43. The molecular weight excluding hydrogens is 439 g/mol. The molecule has 6 N–H and O–H groups in total. The van der Waals surface area contributed by atoms with E-state index in [2.05, 4.69) is 31.2 Å².